The van der Waals surface area contributed by atoms with Gasteiger partial charge in [-0.15, -0.1) is 0 Å². The van der Waals surface area contributed by atoms with Crippen molar-refractivity contribution in [3.05, 3.63) is 53.9 Å². The zero-order chi connectivity index (χ0) is 20.2. The fourth-order valence-electron chi connectivity index (χ4n) is 4.35. The summed E-state index contributed by atoms with van der Waals surface area (Å²) in [5.41, 5.74) is 3.52. The molecular weight excluding hydrogens is 362 g/mol. The molecule has 1 fully saturated rings. The van der Waals surface area contributed by atoms with Crippen LogP contribution in [0.5, 0.6) is 0 Å². The maximum absolute atomic E-state index is 5.10. The summed E-state index contributed by atoms with van der Waals surface area (Å²) in [5, 5.41) is 0. The lowest BCUT2D eigenvalue weighted by atomic mass is 9.96. The second kappa shape index (κ2) is 9.01. The van der Waals surface area contributed by atoms with E-state index >= 15 is 0 Å². The van der Waals surface area contributed by atoms with E-state index in [1.54, 1.807) is 7.11 Å². The molecule has 154 valence electrons. The zero-order valence-electron chi connectivity index (χ0n) is 17.7. The van der Waals surface area contributed by atoms with Crippen LogP contribution in [-0.2, 0) is 17.7 Å². The van der Waals surface area contributed by atoms with Crippen LogP contribution < -0.4 is 0 Å². The van der Waals surface area contributed by atoms with Gasteiger partial charge in [0.15, 0.2) is 0 Å². The molecule has 0 spiro atoms. The fraction of sp³-hybridized carbons (Fsp3) is 0.522. The predicted octanol–water partition coefficient (Wildman–Crippen LogP) is 3.98. The normalized spacial score (nSPS) is 18.0. The van der Waals surface area contributed by atoms with Crippen LogP contribution in [0.3, 0.4) is 0 Å². The average Bonchev–Trinajstić information content (AvgIpc) is 3.13. The first-order chi connectivity index (χ1) is 14.2. The molecule has 3 heterocycles. The largest absolute Gasteiger partial charge is 0.384 e. The molecule has 3 aromatic rings. The summed E-state index contributed by atoms with van der Waals surface area (Å²) in [6, 6.07) is 8.90. The first-order valence-electron chi connectivity index (χ1n) is 10.6. The number of ether oxygens (including phenoxy) is 1. The standard InChI is InChI=1S/C23H31N5O/c1-17(2)28-21-9-5-4-8-20(21)26-23(28)19-7-6-11-27(16-19)15-18-13-24-22(25-14-18)10-12-29-3/h4-5,8-9,13-14,17,19H,6-7,10-12,15-16H2,1-3H3. The fourth-order valence-corrected chi connectivity index (χ4v) is 4.35. The third-order valence-corrected chi connectivity index (χ3v) is 5.70. The van der Waals surface area contributed by atoms with Crippen molar-refractivity contribution in [2.45, 2.75) is 51.6 Å². The van der Waals surface area contributed by atoms with Crippen LogP contribution in [0, 0.1) is 0 Å². The van der Waals surface area contributed by atoms with Gasteiger partial charge in [0.25, 0.3) is 0 Å². The van der Waals surface area contributed by atoms with Gasteiger partial charge in [0, 0.05) is 56.5 Å². The van der Waals surface area contributed by atoms with Gasteiger partial charge in [-0.2, -0.15) is 0 Å². The number of nitrogens with zero attached hydrogens (tertiary/aromatic N) is 5. The number of para-hydroxylation sites is 2. The van der Waals surface area contributed by atoms with Crippen molar-refractivity contribution in [3.8, 4) is 0 Å². The van der Waals surface area contributed by atoms with E-state index in [1.165, 1.54) is 29.7 Å². The van der Waals surface area contributed by atoms with E-state index in [1.807, 2.05) is 12.4 Å². The van der Waals surface area contributed by atoms with Gasteiger partial charge in [-0.25, -0.2) is 15.0 Å². The number of imidazole rings is 1. The summed E-state index contributed by atoms with van der Waals surface area (Å²) >= 11 is 0. The molecule has 6 heteroatoms. The van der Waals surface area contributed by atoms with Crippen molar-refractivity contribution in [1.82, 2.24) is 24.4 Å². The highest BCUT2D eigenvalue weighted by Gasteiger charge is 2.27. The summed E-state index contributed by atoms with van der Waals surface area (Å²) in [4.78, 5) is 16.5. The monoisotopic (exact) mass is 393 g/mol. The molecule has 29 heavy (non-hydrogen) atoms. The summed E-state index contributed by atoms with van der Waals surface area (Å²) in [7, 11) is 1.70. The van der Waals surface area contributed by atoms with Crippen LogP contribution in [0.15, 0.2) is 36.7 Å². The molecule has 0 amide bonds. The summed E-state index contributed by atoms with van der Waals surface area (Å²) < 4.78 is 7.53. The molecule has 0 N–H and O–H groups in total. The van der Waals surface area contributed by atoms with E-state index in [-0.39, 0.29) is 0 Å². The Labute approximate surface area is 172 Å². The minimum Gasteiger partial charge on any atom is -0.384 e. The highest BCUT2D eigenvalue weighted by Crippen LogP contribution is 2.32. The van der Waals surface area contributed by atoms with Gasteiger partial charge in [0.05, 0.1) is 17.6 Å². The van der Waals surface area contributed by atoms with Gasteiger partial charge >= 0.3 is 0 Å². The second-order valence-corrected chi connectivity index (χ2v) is 8.25. The van der Waals surface area contributed by atoms with Gasteiger partial charge in [-0.05, 0) is 45.4 Å². The topological polar surface area (TPSA) is 56.1 Å². The first-order valence-corrected chi connectivity index (χ1v) is 10.6. The summed E-state index contributed by atoms with van der Waals surface area (Å²) in [6.07, 6.45) is 7.07. The molecule has 1 saturated heterocycles. The minimum atomic E-state index is 0.404. The predicted molar refractivity (Wildman–Crippen MR) is 115 cm³/mol. The smallest absolute Gasteiger partial charge is 0.130 e. The van der Waals surface area contributed by atoms with Crippen molar-refractivity contribution in [3.63, 3.8) is 0 Å². The lowest BCUT2D eigenvalue weighted by Gasteiger charge is -2.33. The van der Waals surface area contributed by atoms with Gasteiger partial charge < -0.3 is 9.30 Å². The van der Waals surface area contributed by atoms with Crippen LogP contribution in [0.2, 0.25) is 0 Å². The number of benzene rings is 1. The van der Waals surface area contributed by atoms with Crippen molar-refractivity contribution in [2.75, 3.05) is 26.8 Å². The molecular formula is C23H31N5O. The Hall–Kier alpha value is -2.31. The van der Waals surface area contributed by atoms with E-state index in [9.17, 15) is 0 Å². The van der Waals surface area contributed by atoms with Crippen molar-refractivity contribution in [1.29, 1.82) is 0 Å². The number of methoxy groups -OCH3 is 1. The van der Waals surface area contributed by atoms with Gasteiger partial charge in [-0.1, -0.05) is 12.1 Å². The summed E-state index contributed by atoms with van der Waals surface area (Å²) in [6.45, 7) is 8.19. The number of rotatable bonds is 7. The Morgan fingerprint density at radius 1 is 1.17 bits per heavy atom. The van der Waals surface area contributed by atoms with Gasteiger partial charge in [0.1, 0.15) is 11.6 Å². The molecule has 6 nitrogen and oxygen atoms in total. The van der Waals surface area contributed by atoms with Crippen LogP contribution in [0.4, 0.5) is 0 Å². The maximum atomic E-state index is 5.10. The Morgan fingerprint density at radius 3 is 2.72 bits per heavy atom. The molecule has 0 bridgehead atoms. The Kier molecular flexibility index (Phi) is 6.21. The molecule has 0 radical (unpaired) electrons. The molecule has 0 saturated carbocycles. The quantitative estimate of drug-likeness (QED) is 0.608. The SMILES string of the molecule is COCCc1ncc(CN2CCCC(c3nc4ccccc4n3C(C)C)C2)cn1. The average molecular weight is 394 g/mol. The number of aromatic nitrogens is 4. The molecule has 1 aliphatic rings. The number of piperidine rings is 1. The first kappa shape index (κ1) is 20.0. The minimum absolute atomic E-state index is 0.404. The Balaban J connectivity index is 1.49. The van der Waals surface area contributed by atoms with Crippen LogP contribution in [0.25, 0.3) is 11.0 Å². The number of hydrogen-bond donors (Lipinski definition) is 0. The maximum Gasteiger partial charge on any atom is 0.130 e. The molecule has 1 unspecified atom stereocenters. The molecule has 4 rings (SSSR count). The van der Waals surface area contributed by atoms with Crippen molar-refractivity contribution in [2.24, 2.45) is 0 Å². The van der Waals surface area contributed by atoms with E-state index < -0.39 is 0 Å². The van der Waals surface area contributed by atoms with E-state index in [0.29, 0.717) is 18.6 Å². The lowest BCUT2D eigenvalue weighted by molar-refractivity contribution is 0.193. The third-order valence-electron chi connectivity index (χ3n) is 5.70. The van der Waals surface area contributed by atoms with E-state index in [2.05, 4.69) is 57.5 Å². The Bertz CT molecular complexity index is 934. The van der Waals surface area contributed by atoms with Crippen LogP contribution in [0.1, 0.15) is 55.9 Å². The molecule has 0 aliphatic carbocycles. The molecule has 1 aliphatic heterocycles. The Morgan fingerprint density at radius 2 is 1.97 bits per heavy atom. The van der Waals surface area contributed by atoms with Crippen molar-refractivity contribution >= 4 is 11.0 Å². The van der Waals surface area contributed by atoms with E-state index in [0.717, 1.165) is 37.4 Å². The molecule has 1 aromatic carbocycles. The number of likely N-dealkylation sites (tertiary alicyclic amines) is 1. The van der Waals surface area contributed by atoms with Gasteiger partial charge in [0.2, 0.25) is 0 Å². The molecule has 2 aromatic heterocycles. The second-order valence-electron chi connectivity index (χ2n) is 8.25. The zero-order valence-corrected chi connectivity index (χ0v) is 17.7. The number of fused-ring (bicyclic) bond motifs is 1. The summed E-state index contributed by atoms with van der Waals surface area (Å²) in [5.74, 6) is 2.54. The van der Waals surface area contributed by atoms with E-state index in [4.69, 9.17) is 9.72 Å². The van der Waals surface area contributed by atoms with Crippen LogP contribution in [-0.4, -0.2) is 51.2 Å². The van der Waals surface area contributed by atoms with Crippen molar-refractivity contribution < 1.29 is 4.74 Å². The third kappa shape index (κ3) is 4.49. The lowest BCUT2D eigenvalue weighted by Crippen LogP contribution is -2.35. The van der Waals surface area contributed by atoms with Crippen LogP contribution >= 0.6 is 0 Å². The highest BCUT2D eigenvalue weighted by molar-refractivity contribution is 5.76. The van der Waals surface area contributed by atoms with Gasteiger partial charge in [-0.3, -0.25) is 4.90 Å². The molecule has 1 atom stereocenters. The number of hydrogen-bond acceptors (Lipinski definition) is 5. The highest BCUT2D eigenvalue weighted by atomic mass is 16.5.